The minimum atomic E-state index is -0.0599. The molecule has 1 saturated heterocycles. The minimum Gasteiger partial charge on any atom is -0.358 e. The minimum absolute atomic E-state index is 0.0599. The lowest BCUT2D eigenvalue weighted by Gasteiger charge is -2.36. The summed E-state index contributed by atoms with van der Waals surface area (Å²) >= 11 is 3.63. The van der Waals surface area contributed by atoms with E-state index < -0.39 is 0 Å². The van der Waals surface area contributed by atoms with Crippen molar-refractivity contribution >= 4 is 27.5 Å². The molecule has 1 fully saturated rings. The van der Waals surface area contributed by atoms with Crippen LogP contribution in [0.5, 0.6) is 0 Å². The van der Waals surface area contributed by atoms with Crippen molar-refractivity contribution in [3.63, 3.8) is 0 Å². The monoisotopic (exact) mass is 339 g/mol. The molecule has 1 aromatic rings. The van der Waals surface area contributed by atoms with E-state index in [9.17, 15) is 4.79 Å². The second-order valence-corrected chi connectivity index (χ2v) is 5.82. The van der Waals surface area contributed by atoms with Crippen LogP contribution in [0.15, 0.2) is 22.7 Å². The molecule has 1 aromatic carbocycles. The van der Waals surface area contributed by atoms with Crippen LogP contribution in [-0.4, -0.2) is 31.6 Å². The number of rotatable bonds is 5. The van der Waals surface area contributed by atoms with Crippen LogP contribution < -0.4 is 15.5 Å². The Morgan fingerprint density at radius 2 is 2.25 bits per heavy atom. The topological polar surface area (TPSA) is 44.4 Å². The quantitative estimate of drug-likeness (QED) is 0.864. The van der Waals surface area contributed by atoms with Crippen molar-refractivity contribution in [1.82, 2.24) is 10.6 Å². The Morgan fingerprint density at radius 1 is 1.45 bits per heavy atom. The van der Waals surface area contributed by atoms with Crippen molar-refractivity contribution < 1.29 is 4.79 Å². The number of piperazine rings is 1. The fourth-order valence-corrected chi connectivity index (χ4v) is 3.05. The zero-order valence-electron chi connectivity index (χ0n) is 12.1. The molecule has 0 aromatic heterocycles. The maximum Gasteiger partial charge on any atom is 0.242 e. The number of anilines is 1. The van der Waals surface area contributed by atoms with Gasteiger partial charge in [0.2, 0.25) is 5.91 Å². The van der Waals surface area contributed by atoms with Gasteiger partial charge in [-0.15, -0.1) is 0 Å². The standard InChI is InChI=1S/C15H22BrN3O/c1-3-14-15(20)18-7-8-19(14)12-6-5-11(10-17-4-2)13(16)9-12/h5-6,9,14,17H,3-4,7-8,10H2,1-2H3,(H,18,20). The third-order valence-electron chi connectivity index (χ3n) is 3.65. The van der Waals surface area contributed by atoms with Crippen molar-refractivity contribution in [2.45, 2.75) is 32.9 Å². The molecule has 1 heterocycles. The molecule has 110 valence electrons. The Hall–Kier alpha value is -1.07. The van der Waals surface area contributed by atoms with Gasteiger partial charge in [-0.3, -0.25) is 4.79 Å². The fourth-order valence-electron chi connectivity index (χ4n) is 2.55. The summed E-state index contributed by atoms with van der Waals surface area (Å²) in [7, 11) is 0. The van der Waals surface area contributed by atoms with Crippen molar-refractivity contribution in [2.75, 3.05) is 24.5 Å². The highest BCUT2D eigenvalue weighted by atomic mass is 79.9. The molecule has 1 aliphatic heterocycles. The van der Waals surface area contributed by atoms with E-state index in [4.69, 9.17) is 0 Å². The van der Waals surface area contributed by atoms with Crippen LogP contribution >= 0.6 is 15.9 Å². The Morgan fingerprint density at radius 3 is 2.90 bits per heavy atom. The number of carbonyl (C=O) groups excluding carboxylic acids is 1. The average Bonchev–Trinajstić information content (AvgIpc) is 2.45. The van der Waals surface area contributed by atoms with Gasteiger partial charge in [-0.25, -0.2) is 0 Å². The van der Waals surface area contributed by atoms with Gasteiger partial charge in [-0.1, -0.05) is 35.8 Å². The lowest BCUT2D eigenvalue weighted by Crippen LogP contribution is -2.55. The molecule has 20 heavy (non-hydrogen) atoms. The Labute approximate surface area is 129 Å². The highest BCUT2D eigenvalue weighted by Crippen LogP contribution is 2.27. The van der Waals surface area contributed by atoms with Crippen LogP contribution in [0, 0.1) is 0 Å². The van der Waals surface area contributed by atoms with E-state index in [0.717, 1.165) is 36.2 Å². The molecule has 1 aliphatic rings. The van der Waals surface area contributed by atoms with Gasteiger partial charge in [0.1, 0.15) is 6.04 Å². The molecule has 0 bridgehead atoms. The van der Waals surface area contributed by atoms with Gasteiger partial charge < -0.3 is 15.5 Å². The van der Waals surface area contributed by atoms with Crippen LogP contribution in [0.25, 0.3) is 0 Å². The van der Waals surface area contributed by atoms with Crippen LogP contribution in [0.2, 0.25) is 0 Å². The summed E-state index contributed by atoms with van der Waals surface area (Å²) in [5.74, 6) is 0.131. The van der Waals surface area contributed by atoms with Crippen molar-refractivity contribution in [3.05, 3.63) is 28.2 Å². The summed E-state index contributed by atoms with van der Waals surface area (Å²) in [5.41, 5.74) is 2.35. The highest BCUT2D eigenvalue weighted by Gasteiger charge is 2.28. The molecule has 1 atom stereocenters. The van der Waals surface area contributed by atoms with Crippen molar-refractivity contribution in [3.8, 4) is 0 Å². The van der Waals surface area contributed by atoms with Gasteiger partial charge in [-0.2, -0.15) is 0 Å². The predicted octanol–water partition coefficient (Wildman–Crippen LogP) is 2.27. The van der Waals surface area contributed by atoms with E-state index >= 15 is 0 Å². The van der Waals surface area contributed by atoms with E-state index in [1.807, 2.05) is 0 Å². The Bertz CT molecular complexity index is 478. The fraction of sp³-hybridized carbons (Fsp3) is 0.533. The van der Waals surface area contributed by atoms with Gasteiger partial charge in [-0.05, 0) is 30.7 Å². The smallest absolute Gasteiger partial charge is 0.242 e. The molecule has 5 heteroatoms. The molecule has 1 unspecified atom stereocenters. The lowest BCUT2D eigenvalue weighted by atomic mass is 10.1. The number of hydrogen-bond acceptors (Lipinski definition) is 3. The van der Waals surface area contributed by atoms with E-state index in [1.165, 1.54) is 5.56 Å². The Kier molecular flexibility index (Phi) is 5.43. The highest BCUT2D eigenvalue weighted by molar-refractivity contribution is 9.10. The molecule has 0 aliphatic carbocycles. The number of nitrogens with one attached hydrogen (secondary N) is 2. The van der Waals surface area contributed by atoms with Gasteiger partial charge in [0, 0.05) is 29.8 Å². The van der Waals surface area contributed by atoms with E-state index in [1.54, 1.807) is 0 Å². The maximum absolute atomic E-state index is 11.9. The Balaban J connectivity index is 2.19. The third-order valence-corrected chi connectivity index (χ3v) is 4.39. The van der Waals surface area contributed by atoms with Crippen molar-refractivity contribution in [1.29, 1.82) is 0 Å². The summed E-state index contributed by atoms with van der Waals surface area (Å²) in [4.78, 5) is 14.1. The first-order valence-electron chi connectivity index (χ1n) is 7.20. The molecule has 0 spiro atoms. The van der Waals surface area contributed by atoms with Crippen molar-refractivity contribution in [2.24, 2.45) is 0 Å². The first-order chi connectivity index (χ1) is 9.67. The predicted molar refractivity (Wildman–Crippen MR) is 86.0 cm³/mol. The molecular weight excluding hydrogens is 318 g/mol. The number of amides is 1. The second kappa shape index (κ2) is 7.09. The van der Waals surface area contributed by atoms with Gasteiger partial charge in [0.25, 0.3) is 0 Å². The summed E-state index contributed by atoms with van der Waals surface area (Å²) in [6, 6.07) is 6.30. The van der Waals surface area contributed by atoms with Gasteiger partial charge in [0.05, 0.1) is 0 Å². The SMILES string of the molecule is CCNCc1ccc(N2CCNC(=O)C2CC)cc1Br. The zero-order valence-corrected chi connectivity index (χ0v) is 13.7. The molecule has 0 radical (unpaired) electrons. The lowest BCUT2D eigenvalue weighted by molar-refractivity contribution is -0.123. The number of carbonyl (C=O) groups is 1. The van der Waals surface area contributed by atoms with Gasteiger partial charge in [0.15, 0.2) is 0 Å². The maximum atomic E-state index is 11.9. The van der Waals surface area contributed by atoms with Crippen LogP contribution in [-0.2, 0) is 11.3 Å². The number of halogens is 1. The van der Waals surface area contributed by atoms with E-state index in [2.05, 4.69) is 63.5 Å². The first kappa shape index (κ1) is 15.3. The number of benzene rings is 1. The van der Waals surface area contributed by atoms with E-state index in [-0.39, 0.29) is 11.9 Å². The summed E-state index contributed by atoms with van der Waals surface area (Å²) in [6.45, 7) is 7.54. The normalized spacial score (nSPS) is 19.1. The second-order valence-electron chi connectivity index (χ2n) is 4.96. The summed E-state index contributed by atoms with van der Waals surface area (Å²) in [6.07, 6.45) is 0.822. The molecule has 4 nitrogen and oxygen atoms in total. The molecule has 0 saturated carbocycles. The molecule has 2 N–H and O–H groups in total. The van der Waals surface area contributed by atoms with Crippen LogP contribution in [0.3, 0.4) is 0 Å². The van der Waals surface area contributed by atoms with Crippen LogP contribution in [0.1, 0.15) is 25.8 Å². The third kappa shape index (κ3) is 3.33. The molecule has 1 amide bonds. The largest absolute Gasteiger partial charge is 0.358 e. The first-order valence-corrected chi connectivity index (χ1v) is 8.00. The average molecular weight is 340 g/mol. The van der Waals surface area contributed by atoms with Crippen LogP contribution in [0.4, 0.5) is 5.69 Å². The van der Waals surface area contributed by atoms with E-state index in [0.29, 0.717) is 6.54 Å². The summed E-state index contributed by atoms with van der Waals surface area (Å²) in [5, 5.41) is 6.26. The number of nitrogens with zero attached hydrogens (tertiary/aromatic N) is 1. The molecular formula is C15H22BrN3O. The zero-order chi connectivity index (χ0) is 14.5. The van der Waals surface area contributed by atoms with Gasteiger partial charge >= 0.3 is 0 Å². The summed E-state index contributed by atoms with van der Waals surface area (Å²) < 4.78 is 1.09. The number of hydrogen-bond donors (Lipinski definition) is 2. The molecule has 2 rings (SSSR count).